The molecule has 1 N–H and O–H groups in total. The van der Waals surface area contributed by atoms with Crippen molar-refractivity contribution in [2.75, 3.05) is 14.2 Å². The molecule has 1 aliphatic heterocycles. The number of phenols is 1. The van der Waals surface area contributed by atoms with E-state index in [0.717, 1.165) is 49.7 Å². The van der Waals surface area contributed by atoms with E-state index >= 15 is 0 Å². The Morgan fingerprint density at radius 1 is 1.38 bits per heavy atom. The van der Waals surface area contributed by atoms with Crippen molar-refractivity contribution < 1.29 is 19.5 Å². The number of hydroxylamine groups is 2. The molecule has 1 aromatic rings. The molecule has 0 saturated heterocycles. The number of carbonyl (C=O) groups excluding carboxylic acids is 1. The van der Waals surface area contributed by atoms with E-state index in [1.807, 2.05) is 6.07 Å². The number of aromatic hydroxyl groups is 1. The third-order valence-corrected chi connectivity index (χ3v) is 6.55. The second kappa shape index (κ2) is 8.39. The topological polar surface area (TPSA) is 59.0 Å². The van der Waals surface area contributed by atoms with E-state index in [1.165, 1.54) is 17.7 Å². The molecule has 0 spiro atoms. The molecule has 2 atom stereocenters. The maximum Gasteiger partial charge on any atom is 0.281 e. The summed E-state index contributed by atoms with van der Waals surface area (Å²) >= 11 is 0. The van der Waals surface area contributed by atoms with Gasteiger partial charge in [-0.1, -0.05) is 31.4 Å². The Kier molecular flexibility index (Phi) is 6.27. The summed E-state index contributed by atoms with van der Waals surface area (Å²) < 4.78 is 6.43. The molecule has 29 heavy (non-hydrogen) atoms. The number of unbranched alkanes of at least 4 members (excludes halogenated alkanes) is 2. The predicted octanol–water partition coefficient (Wildman–Crippen LogP) is 5.37. The Morgan fingerprint density at radius 2 is 2.10 bits per heavy atom. The molecular formula is C24H35NO4. The zero-order valence-electron chi connectivity index (χ0n) is 18.7. The van der Waals surface area contributed by atoms with Crippen LogP contribution >= 0.6 is 0 Å². The standard InChI is InChI=1S/C24H35NO4/c1-7-8-9-10-16-14-19-21(22(26)20(16)23(27)25(5)28-6)17-13-15(2)11-12-18(17)24(3,4)29-19/h13-14,17-18,26H,7-12H2,1-6H3. The molecule has 0 bridgehead atoms. The SMILES string of the molecule is CCCCCc1cc2c(c(O)c1C(=O)N(C)OC)C1C=C(C)CCC1C(C)(C)O2. The fraction of sp³-hybridized carbons (Fsp3) is 0.625. The maximum absolute atomic E-state index is 13.1. The Balaban J connectivity index is 2.18. The highest BCUT2D eigenvalue weighted by Crippen LogP contribution is 2.54. The van der Waals surface area contributed by atoms with Gasteiger partial charge in [0.1, 0.15) is 17.1 Å². The van der Waals surface area contributed by atoms with Gasteiger partial charge < -0.3 is 9.84 Å². The first-order chi connectivity index (χ1) is 13.7. The molecule has 5 heteroatoms. The maximum atomic E-state index is 13.1. The lowest BCUT2D eigenvalue weighted by Gasteiger charge is -2.46. The number of nitrogens with zero attached hydrogens (tertiary/aromatic N) is 1. The van der Waals surface area contributed by atoms with Gasteiger partial charge in [0.2, 0.25) is 0 Å². The zero-order valence-corrected chi connectivity index (χ0v) is 18.7. The van der Waals surface area contributed by atoms with Gasteiger partial charge in [0.25, 0.3) is 5.91 Å². The van der Waals surface area contributed by atoms with Crippen LogP contribution in [0.3, 0.4) is 0 Å². The zero-order chi connectivity index (χ0) is 21.3. The van der Waals surface area contributed by atoms with Crippen LogP contribution in [0.2, 0.25) is 0 Å². The fourth-order valence-electron chi connectivity index (χ4n) is 4.85. The number of hydrogen-bond acceptors (Lipinski definition) is 4. The Morgan fingerprint density at radius 3 is 2.76 bits per heavy atom. The van der Waals surface area contributed by atoms with E-state index in [-0.39, 0.29) is 29.1 Å². The lowest BCUT2D eigenvalue weighted by Crippen LogP contribution is -2.45. The number of rotatable bonds is 6. The first-order valence-electron chi connectivity index (χ1n) is 10.8. The molecule has 1 heterocycles. The summed E-state index contributed by atoms with van der Waals surface area (Å²) in [5.74, 6) is 0.754. The number of ether oxygens (including phenoxy) is 1. The smallest absolute Gasteiger partial charge is 0.281 e. The first-order valence-corrected chi connectivity index (χ1v) is 10.8. The van der Waals surface area contributed by atoms with E-state index < -0.39 is 0 Å². The van der Waals surface area contributed by atoms with Crippen molar-refractivity contribution in [2.24, 2.45) is 5.92 Å². The molecule has 2 unspecified atom stereocenters. The van der Waals surface area contributed by atoms with E-state index in [2.05, 4.69) is 33.8 Å². The van der Waals surface area contributed by atoms with Crippen molar-refractivity contribution >= 4 is 5.91 Å². The number of phenolic OH excluding ortho intramolecular Hbond substituents is 1. The number of amides is 1. The minimum Gasteiger partial charge on any atom is -0.507 e. The van der Waals surface area contributed by atoms with Crippen molar-refractivity contribution in [1.82, 2.24) is 5.06 Å². The van der Waals surface area contributed by atoms with Crippen molar-refractivity contribution in [2.45, 2.75) is 77.7 Å². The Bertz CT molecular complexity index is 812. The van der Waals surface area contributed by atoms with Crippen LogP contribution in [-0.4, -0.2) is 35.8 Å². The van der Waals surface area contributed by atoms with Gasteiger partial charge in [-0.05, 0) is 58.1 Å². The molecule has 3 rings (SSSR count). The molecule has 5 nitrogen and oxygen atoms in total. The van der Waals surface area contributed by atoms with Gasteiger partial charge in [-0.15, -0.1) is 0 Å². The molecule has 1 aliphatic carbocycles. The Labute approximate surface area is 174 Å². The van der Waals surface area contributed by atoms with Gasteiger partial charge in [-0.3, -0.25) is 9.63 Å². The van der Waals surface area contributed by atoms with Crippen LogP contribution in [0.5, 0.6) is 11.5 Å². The number of fused-ring (bicyclic) bond motifs is 3. The molecule has 160 valence electrons. The van der Waals surface area contributed by atoms with Crippen molar-refractivity contribution in [3.05, 3.63) is 34.4 Å². The van der Waals surface area contributed by atoms with Crippen LogP contribution in [0, 0.1) is 5.92 Å². The summed E-state index contributed by atoms with van der Waals surface area (Å²) in [4.78, 5) is 18.2. The van der Waals surface area contributed by atoms with E-state index in [1.54, 1.807) is 7.05 Å². The van der Waals surface area contributed by atoms with Crippen molar-refractivity contribution in [1.29, 1.82) is 0 Å². The van der Waals surface area contributed by atoms with Crippen LogP contribution in [0.1, 0.15) is 87.2 Å². The molecule has 0 saturated carbocycles. The third-order valence-electron chi connectivity index (χ3n) is 6.55. The van der Waals surface area contributed by atoms with Crippen LogP contribution < -0.4 is 4.74 Å². The van der Waals surface area contributed by atoms with Crippen LogP contribution in [0.4, 0.5) is 0 Å². The monoisotopic (exact) mass is 401 g/mol. The van der Waals surface area contributed by atoms with Gasteiger partial charge in [0.05, 0.1) is 12.7 Å². The van der Waals surface area contributed by atoms with E-state index in [9.17, 15) is 9.90 Å². The second-order valence-corrected chi connectivity index (χ2v) is 9.00. The van der Waals surface area contributed by atoms with Crippen molar-refractivity contribution in [3.8, 4) is 11.5 Å². The van der Waals surface area contributed by atoms with Gasteiger partial charge in [0.15, 0.2) is 0 Å². The number of allylic oxidation sites excluding steroid dienone is 2. The quantitative estimate of drug-likeness (QED) is 0.395. The first kappa shape index (κ1) is 21.7. The van der Waals surface area contributed by atoms with E-state index in [0.29, 0.717) is 11.3 Å². The molecule has 0 fully saturated rings. The molecule has 2 aliphatic rings. The average Bonchev–Trinajstić information content (AvgIpc) is 2.66. The summed E-state index contributed by atoms with van der Waals surface area (Å²) in [5, 5.41) is 12.5. The lowest BCUT2D eigenvalue weighted by atomic mass is 9.67. The van der Waals surface area contributed by atoms with Gasteiger partial charge in [0, 0.05) is 24.4 Å². The number of aryl methyl sites for hydroxylation is 1. The minimum atomic E-state index is -0.323. The number of carbonyl (C=O) groups is 1. The van der Waals surface area contributed by atoms with Gasteiger partial charge in [-0.2, -0.15) is 0 Å². The highest BCUT2D eigenvalue weighted by Gasteiger charge is 2.46. The fourth-order valence-corrected chi connectivity index (χ4v) is 4.85. The van der Waals surface area contributed by atoms with Crippen LogP contribution in [0.15, 0.2) is 17.7 Å². The second-order valence-electron chi connectivity index (χ2n) is 9.00. The average molecular weight is 402 g/mol. The highest BCUT2D eigenvalue weighted by molar-refractivity contribution is 5.98. The predicted molar refractivity (Wildman–Crippen MR) is 114 cm³/mol. The summed E-state index contributed by atoms with van der Waals surface area (Å²) in [6.45, 7) is 8.55. The van der Waals surface area contributed by atoms with Gasteiger partial charge in [-0.25, -0.2) is 5.06 Å². The van der Waals surface area contributed by atoms with Gasteiger partial charge >= 0.3 is 0 Å². The number of hydrogen-bond donors (Lipinski definition) is 1. The lowest BCUT2D eigenvalue weighted by molar-refractivity contribution is -0.0759. The Hall–Kier alpha value is -2.01. The van der Waals surface area contributed by atoms with Crippen molar-refractivity contribution in [3.63, 3.8) is 0 Å². The highest BCUT2D eigenvalue weighted by atomic mass is 16.7. The summed E-state index contributed by atoms with van der Waals surface area (Å²) in [6, 6.07) is 1.98. The largest absolute Gasteiger partial charge is 0.507 e. The molecule has 0 aromatic heterocycles. The third kappa shape index (κ3) is 4.02. The van der Waals surface area contributed by atoms with Crippen LogP contribution in [0.25, 0.3) is 0 Å². The normalized spacial score (nSPS) is 22.2. The number of benzene rings is 1. The van der Waals surface area contributed by atoms with E-state index in [4.69, 9.17) is 9.57 Å². The molecule has 1 amide bonds. The molecular weight excluding hydrogens is 366 g/mol. The molecule has 1 aromatic carbocycles. The summed E-state index contributed by atoms with van der Waals surface area (Å²) in [6.07, 6.45) is 8.15. The molecule has 0 radical (unpaired) electrons. The summed E-state index contributed by atoms with van der Waals surface area (Å²) in [7, 11) is 3.03. The van der Waals surface area contributed by atoms with Crippen LogP contribution in [-0.2, 0) is 11.3 Å². The minimum absolute atomic E-state index is 0.0478. The summed E-state index contributed by atoms with van der Waals surface area (Å²) in [5.41, 5.74) is 2.93.